The van der Waals surface area contributed by atoms with E-state index in [-0.39, 0.29) is 5.69 Å². The van der Waals surface area contributed by atoms with Crippen LogP contribution < -0.4 is 0 Å². The summed E-state index contributed by atoms with van der Waals surface area (Å²) in [6.45, 7) is 2.18. The molecule has 1 atom stereocenters. The van der Waals surface area contributed by atoms with Gasteiger partial charge in [-0.1, -0.05) is 110 Å². The summed E-state index contributed by atoms with van der Waals surface area (Å²) >= 11 is 0. The van der Waals surface area contributed by atoms with Crippen LogP contribution in [0.2, 0.25) is 0 Å². The lowest BCUT2D eigenvalue weighted by molar-refractivity contribution is -0.0824. The normalized spacial score (nSPS) is 18.1. The van der Waals surface area contributed by atoms with Crippen LogP contribution in [-0.4, -0.2) is 15.0 Å². The predicted molar refractivity (Wildman–Crippen MR) is 157 cm³/mol. The van der Waals surface area contributed by atoms with Gasteiger partial charge in [0.05, 0.1) is 5.56 Å². The van der Waals surface area contributed by atoms with E-state index < -0.39 is 23.4 Å². The molecule has 2 heterocycles. The number of aryl methyl sites for hydroxylation is 2. The number of fused-ring (bicyclic) bond motifs is 1. The molecule has 40 heavy (non-hydrogen) atoms. The first-order valence-corrected chi connectivity index (χ1v) is 16.4. The highest BCUT2D eigenvalue weighted by Gasteiger charge is 2.47. The van der Waals surface area contributed by atoms with Crippen molar-refractivity contribution in [3.05, 3.63) is 41.1 Å². The second-order valence-corrected chi connectivity index (χ2v) is 12.5. The first-order chi connectivity index (χ1) is 19.5. The van der Waals surface area contributed by atoms with Crippen LogP contribution in [-0.2, 0) is 18.8 Å². The number of hydrogen-bond acceptors (Lipinski definition) is 3. The lowest BCUT2D eigenvalue weighted by Crippen LogP contribution is -2.33. The van der Waals surface area contributed by atoms with Crippen molar-refractivity contribution in [3.8, 4) is 11.5 Å². The number of pyridine rings is 1. The maximum absolute atomic E-state index is 15.4. The quantitative estimate of drug-likeness (QED) is 0.127. The fourth-order valence-corrected chi connectivity index (χ4v) is 6.28. The molecule has 3 nitrogen and oxygen atoms in total. The predicted octanol–water partition coefficient (Wildman–Crippen LogP) is 10.5. The highest BCUT2D eigenvalue weighted by molar-refractivity contribution is 5.53. The van der Waals surface area contributed by atoms with E-state index in [9.17, 15) is 0 Å². The second kappa shape index (κ2) is 15.9. The number of unbranched alkanes of at least 4 members (excludes halogenated alkanes) is 12. The van der Waals surface area contributed by atoms with Crippen LogP contribution in [0, 0.1) is 17.8 Å². The number of aromatic nitrogens is 3. The number of nitrogens with zero attached hydrogens (tertiary/aromatic N) is 3. The maximum atomic E-state index is 15.4. The minimum absolute atomic E-state index is 0.241. The molecule has 1 fully saturated rings. The average Bonchev–Trinajstić information content (AvgIpc) is 3.77. The van der Waals surface area contributed by atoms with Gasteiger partial charge in [0, 0.05) is 18.3 Å². The third-order valence-electron chi connectivity index (χ3n) is 9.03. The second-order valence-electron chi connectivity index (χ2n) is 12.5. The number of alkyl halides is 2. The summed E-state index contributed by atoms with van der Waals surface area (Å²) in [5.41, 5.74) is 1.13. The highest BCUT2D eigenvalue weighted by atomic mass is 19.3. The maximum Gasteiger partial charge on any atom is 0.280 e. The van der Waals surface area contributed by atoms with Crippen LogP contribution in [0.15, 0.2) is 18.5 Å². The van der Waals surface area contributed by atoms with Crippen LogP contribution in [0.3, 0.4) is 0 Å². The Balaban J connectivity index is 1.22. The summed E-state index contributed by atoms with van der Waals surface area (Å²) in [7, 11) is 0. The van der Waals surface area contributed by atoms with Gasteiger partial charge >= 0.3 is 0 Å². The molecule has 2 aliphatic rings. The largest absolute Gasteiger partial charge is 0.280 e. The van der Waals surface area contributed by atoms with Gasteiger partial charge in [-0.15, -0.1) is 0 Å². The van der Waals surface area contributed by atoms with E-state index in [1.165, 1.54) is 83.5 Å². The van der Waals surface area contributed by atoms with E-state index in [1.807, 2.05) is 0 Å². The third-order valence-corrected chi connectivity index (χ3v) is 9.03. The zero-order valence-electron chi connectivity index (χ0n) is 24.7. The van der Waals surface area contributed by atoms with Crippen molar-refractivity contribution < 1.29 is 13.2 Å². The summed E-state index contributed by atoms with van der Waals surface area (Å²) in [6.07, 6.45) is 26.7. The first-order valence-electron chi connectivity index (χ1n) is 16.4. The van der Waals surface area contributed by atoms with Crippen LogP contribution in [0.1, 0.15) is 146 Å². The molecule has 0 aliphatic heterocycles. The lowest BCUT2D eigenvalue weighted by Gasteiger charge is -2.33. The molecular formula is C34H50F3N3. The van der Waals surface area contributed by atoms with E-state index in [0.29, 0.717) is 30.7 Å². The zero-order valence-corrected chi connectivity index (χ0v) is 24.7. The third kappa shape index (κ3) is 9.27. The van der Waals surface area contributed by atoms with Crippen molar-refractivity contribution in [2.45, 2.75) is 148 Å². The Morgan fingerprint density at radius 3 is 2.02 bits per heavy atom. The number of rotatable bonds is 19. The summed E-state index contributed by atoms with van der Waals surface area (Å²) < 4.78 is 45.8. The molecule has 2 aromatic heterocycles. The zero-order chi connectivity index (χ0) is 28.2. The smallest absolute Gasteiger partial charge is 0.235 e. The minimum atomic E-state index is -3.19. The molecule has 2 aliphatic carbocycles. The molecular weight excluding hydrogens is 507 g/mol. The number of halogens is 3. The molecule has 0 N–H and O–H groups in total. The molecule has 0 radical (unpaired) electrons. The molecule has 222 valence electrons. The van der Waals surface area contributed by atoms with Crippen LogP contribution in [0.5, 0.6) is 0 Å². The summed E-state index contributed by atoms with van der Waals surface area (Å²) in [4.78, 5) is 12.7. The van der Waals surface area contributed by atoms with Gasteiger partial charge in [-0.2, -0.15) is 4.39 Å². The molecule has 6 heteroatoms. The van der Waals surface area contributed by atoms with Crippen molar-refractivity contribution >= 4 is 0 Å². The first kappa shape index (κ1) is 31.0. The molecule has 4 rings (SSSR count). The lowest BCUT2D eigenvalue weighted by atomic mass is 9.78. The SMILES string of the molecule is CCCCCCCCCC1CCc2cc(-c3ncc(CCCCCCCCCC4CC4)cn3)nc(F)c2C1(F)F. The summed E-state index contributed by atoms with van der Waals surface area (Å²) in [5.74, 6) is -3.72. The van der Waals surface area contributed by atoms with Gasteiger partial charge in [0.25, 0.3) is 5.92 Å². The van der Waals surface area contributed by atoms with Gasteiger partial charge in [-0.3, -0.25) is 0 Å². The van der Waals surface area contributed by atoms with Crippen molar-refractivity contribution in [3.63, 3.8) is 0 Å². The van der Waals surface area contributed by atoms with Gasteiger partial charge in [0.15, 0.2) is 5.82 Å². The Hall–Kier alpha value is -1.98. The monoisotopic (exact) mass is 557 g/mol. The Morgan fingerprint density at radius 2 is 1.38 bits per heavy atom. The highest BCUT2D eigenvalue weighted by Crippen LogP contribution is 2.47. The van der Waals surface area contributed by atoms with Gasteiger partial charge < -0.3 is 0 Å². The Morgan fingerprint density at radius 1 is 0.775 bits per heavy atom. The fraction of sp³-hybridized carbons (Fsp3) is 0.735. The van der Waals surface area contributed by atoms with E-state index >= 15 is 13.2 Å². The Kier molecular flexibility index (Phi) is 12.3. The molecule has 2 aromatic rings. The fourth-order valence-electron chi connectivity index (χ4n) is 6.28. The van der Waals surface area contributed by atoms with Gasteiger partial charge in [0.2, 0.25) is 5.95 Å². The summed E-state index contributed by atoms with van der Waals surface area (Å²) in [5, 5.41) is 0. The van der Waals surface area contributed by atoms with Gasteiger partial charge in [0.1, 0.15) is 5.69 Å². The van der Waals surface area contributed by atoms with Crippen molar-refractivity contribution in [1.82, 2.24) is 15.0 Å². The number of hydrogen-bond donors (Lipinski definition) is 0. The molecule has 0 bridgehead atoms. The molecule has 1 unspecified atom stereocenters. The van der Waals surface area contributed by atoms with Crippen molar-refractivity contribution in [1.29, 1.82) is 0 Å². The molecule has 0 saturated heterocycles. The minimum Gasteiger partial charge on any atom is -0.235 e. The Bertz CT molecular complexity index is 1020. The Labute approximate surface area is 240 Å². The van der Waals surface area contributed by atoms with E-state index in [4.69, 9.17) is 0 Å². The van der Waals surface area contributed by atoms with Gasteiger partial charge in [-0.05, 0) is 55.2 Å². The van der Waals surface area contributed by atoms with Gasteiger partial charge in [-0.25, -0.2) is 23.7 Å². The topological polar surface area (TPSA) is 38.7 Å². The molecule has 0 spiro atoms. The van der Waals surface area contributed by atoms with Crippen molar-refractivity contribution in [2.24, 2.45) is 11.8 Å². The molecule has 0 aromatic carbocycles. The van der Waals surface area contributed by atoms with E-state index in [1.54, 1.807) is 18.5 Å². The van der Waals surface area contributed by atoms with Crippen molar-refractivity contribution in [2.75, 3.05) is 0 Å². The van der Waals surface area contributed by atoms with Crippen LogP contribution in [0.4, 0.5) is 13.2 Å². The standard InChI is InChI=1S/C34H50F3N3/c1-2-3-4-5-7-12-15-18-29-22-21-28-23-30(40-32(35)31(28)34(29,36)37)33-38-24-27(25-39-33)17-14-11-9-6-8-10-13-16-26-19-20-26/h23-26,29H,2-22H2,1H3. The molecule has 1 saturated carbocycles. The van der Waals surface area contributed by atoms with E-state index in [0.717, 1.165) is 43.6 Å². The molecule has 0 amide bonds. The average molecular weight is 558 g/mol. The van der Waals surface area contributed by atoms with E-state index in [2.05, 4.69) is 21.9 Å². The van der Waals surface area contributed by atoms with Crippen LogP contribution >= 0.6 is 0 Å². The van der Waals surface area contributed by atoms with Crippen LogP contribution in [0.25, 0.3) is 11.5 Å². The summed E-state index contributed by atoms with van der Waals surface area (Å²) in [6, 6.07) is 1.58.